The largest absolute Gasteiger partial charge is 0.426 e. The second-order valence-corrected chi connectivity index (χ2v) is 1.69. The zero-order valence-electron chi connectivity index (χ0n) is 5.16. The van der Waals surface area contributed by atoms with Crippen molar-refractivity contribution in [3.8, 4) is 0 Å². The van der Waals surface area contributed by atoms with Crippen LogP contribution in [0.25, 0.3) is 0 Å². The number of aromatic nitrogens is 2. The lowest BCUT2D eigenvalue weighted by molar-refractivity contribution is 0.284. The fourth-order valence-corrected chi connectivity index (χ4v) is 0.534. The van der Waals surface area contributed by atoms with Crippen LogP contribution >= 0.6 is 0 Å². The second kappa shape index (κ2) is 2.59. The molecule has 4 heteroatoms. The maximum Gasteiger partial charge on any atom is 0.218 e. The first-order chi connectivity index (χ1) is 4.33. The van der Waals surface area contributed by atoms with E-state index in [-0.39, 0.29) is 6.61 Å². The molecule has 4 nitrogen and oxygen atoms in total. The average Bonchev–Trinajstić information content (AvgIpc) is 2.17. The van der Waals surface area contributed by atoms with E-state index in [2.05, 4.69) is 10.2 Å². The number of rotatable bonds is 2. The van der Waals surface area contributed by atoms with Crippen molar-refractivity contribution in [3.05, 3.63) is 11.8 Å². The summed E-state index contributed by atoms with van der Waals surface area (Å²) in [5, 5.41) is 15.6. The molecule has 0 unspecified atom stereocenters. The fraction of sp³-hybridized carbons (Fsp3) is 0.600. The van der Waals surface area contributed by atoms with Crippen molar-refractivity contribution in [3.63, 3.8) is 0 Å². The molecular formula is C5H8N2O2. The van der Waals surface area contributed by atoms with Crippen LogP contribution in [0.1, 0.15) is 11.8 Å². The Bertz CT molecular complexity index is 185. The molecule has 0 saturated carbocycles. The van der Waals surface area contributed by atoms with Gasteiger partial charge in [-0.1, -0.05) is 0 Å². The Labute approximate surface area is 52.5 Å². The molecule has 1 aromatic rings. The van der Waals surface area contributed by atoms with Gasteiger partial charge >= 0.3 is 0 Å². The first-order valence-corrected chi connectivity index (χ1v) is 2.73. The van der Waals surface area contributed by atoms with Gasteiger partial charge in [0, 0.05) is 13.3 Å². The van der Waals surface area contributed by atoms with Crippen LogP contribution in [-0.4, -0.2) is 21.9 Å². The molecule has 0 atom stereocenters. The number of nitrogens with zero attached hydrogens (tertiary/aromatic N) is 2. The molecule has 0 aliphatic heterocycles. The minimum atomic E-state index is 0.0572. The topological polar surface area (TPSA) is 59.2 Å². The Hall–Kier alpha value is -0.900. The predicted molar refractivity (Wildman–Crippen MR) is 29.8 cm³/mol. The van der Waals surface area contributed by atoms with Gasteiger partial charge in [-0.05, 0) is 0 Å². The van der Waals surface area contributed by atoms with E-state index in [9.17, 15) is 0 Å². The number of hydrogen-bond donors (Lipinski definition) is 1. The molecule has 0 amide bonds. The zero-order valence-corrected chi connectivity index (χ0v) is 5.16. The molecule has 0 fully saturated rings. The average molecular weight is 128 g/mol. The summed E-state index contributed by atoms with van der Waals surface area (Å²) in [4.78, 5) is 0. The van der Waals surface area contributed by atoms with E-state index in [1.165, 1.54) is 0 Å². The van der Waals surface area contributed by atoms with E-state index in [1.807, 2.05) is 0 Å². The lowest BCUT2D eigenvalue weighted by Crippen LogP contribution is -1.89. The molecule has 0 spiro atoms. The van der Waals surface area contributed by atoms with E-state index < -0.39 is 0 Å². The Morgan fingerprint density at radius 2 is 2.33 bits per heavy atom. The Balaban J connectivity index is 2.61. The van der Waals surface area contributed by atoms with Crippen LogP contribution in [0.5, 0.6) is 0 Å². The molecule has 50 valence electrons. The van der Waals surface area contributed by atoms with Gasteiger partial charge in [0.25, 0.3) is 0 Å². The van der Waals surface area contributed by atoms with Crippen LogP contribution in [0.4, 0.5) is 0 Å². The molecular weight excluding hydrogens is 120 g/mol. The summed E-state index contributed by atoms with van der Waals surface area (Å²) < 4.78 is 4.94. The van der Waals surface area contributed by atoms with Crippen LogP contribution in [0.15, 0.2) is 4.42 Å². The van der Waals surface area contributed by atoms with Gasteiger partial charge in [-0.15, -0.1) is 10.2 Å². The van der Waals surface area contributed by atoms with Gasteiger partial charge < -0.3 is 9.52 Å². The lowest BCUT2D eigenvalue weighted by Gasteiger charge is -1.83. The third-order valence-electron chi connectivity index (χ3n) is 0.894. The first kappa shape index (κ1) is 6.22. The van der Waals surface area contributed by atoms with E-state index in [4.69, 9.17) is 9.52 Å². The lowest BCUT2D eigenvalue weighted by atomic mass is 10.5. The summed E-state index contributed by atoms with van der Waals surface area (Å²) in [5.41, 5.74) is 0. The fourth-order valence-electron chi connectivity index (χ4n) is 0.534. The summed E-state index contributed by atoms with van der Waals surface area (Å²) >= 11 is 0. The van der Waals surface area contributed by atoms with Crippen molar-refractivity contribution in [2.24, 2.45) is 0 Å². The number of aliphatic hydroxyl groups excluding tert-OH is 1. The molecule has 0 aliphatic rings. The summed E-state index contributed by atoms with van der Waals surface area (Å²) in [6.07, 6.45) is 0.445. The third-order valence-corrected chi connectivity index (χ3v) is 0.894. The van der Waals surface area contributed by atoms with Crippen LogP contribution in [-0.2, 0) is 6.42 Å². The molecule has 1 heterocycles. The van der Waals surface area contributed by atoms with E-state index in [0.717, 1.165) is 0 Å². The smallest absolute Gasteiger partial charge is 0.218 e. The van der Waals surface area contributed by atoms with Crippen LogP contribution in [0.3, 0.4) is 0 Å². The maximum absolute atomic E-state index is 8.40. The predicted octanol–water partition coefficient (Wildman–Crippen LogP) is -0.0872. The normalized spacial score (nSPS) is 10.0. The maximum atomic E-state index is 8.40. The van der Waals surface area contributed by atoms with Crippen molar-refractivity contribution in [1.82, 2.24) is 10.2 Å². The third kappa shape index (κ3) is 1.50. The van der Waals surface area contributed by atoms with E-state index in [1.54, 1.807) is 6.92 Å². The highest BCUT2D eigenvalue weighted by Gasteiger charge is 1.98. The van der Waals surface area contributed by atoms with Gasteiger partial charge in [0.2, 0.25) is 11.8 Å². The Morgan fingerprint density at radius 3 is 2.78 bits per heavy atom. The summed E-state index contributed by atoms with van der Waals surface area (Å²) in [5.74, 6) is 1.04. The summed E-state index contributed by atoms with van der Waals surface area (Å²) in [6.45, 7) is 1.77. The molecule has 0 aromatic carbocycles. The molecule has 0 saturated heterocycles. The summed E-state index contributed by atoms with van der Waals surface area (Å²) in [6, 6.07) is 0. The standard InChI is InChI=1S/C5H8N2O2/c1-4-6-7-5(9-4)2-3-8/h8H,2-3H2,1H3. The van der Waals surface area contributed by atoms with Gasteiger partial charge in [0.15, 0.2) is 0 Å². The Kier molecular flexibility index (Phi) is 1.79. The van der Waals surface area contributed by atoms with Gasteiger partial charge in [-0.3, -0.25) is 0 Å². The van der Waals surface area contributed by atoms with Crippen LogP contribution in [0.2, 0.25) is 0 Å². The number of aryl methyl sites for hydroxylation is 1. The molecule has 0 aliphatic carbocycles. The Morgan fingerprint density at radius 1 is 1.56 bits per heavy atom. The van der Waals surface area contributed by atoms with Crippen LogP contribution < -0.4 is 0 Å². The molecule has 0 radical (unpaired) electrons. The highest BCUT2D eigenvalue weighted by molar-refractivity contribution is 4.77. The highest BCUT2D eigenvalue weighted by atomic mass is 16.4. The zero-order chi connectivity index (χ0) is 6.69. The second-order valence-electron chi connectivity index (χ2n) is 1.69. The van der Waals surface area contributed by atoms with E-state index in [0.29, 0.717) is 18.2 Å². The molecule has 0 bridgehead atoms. The highest BCUT2D eigenvalue weighted by Crippen LogP contribution is 1.96. The van der Waals surface area contributed by atoms with Crippen molar-refractivity contribution >= 4 is 0 Å². The monoisotopic (exact) mass is 128 g/mol. The first-order valence-electron chi connectivity index (χ1n) is 2.73. The van der Waals surface area contributed by atoms with Gasteiger partial charge in [0.05, 0.1) is 6.61 Å². The van der Waals surface area contributed by atoms with E-state index >= 15 is 0 Å². The minimum absolute atomic E-state index is 0.0572. The van der Waals surface area contributed by atoms with Crippen molar-refractivity contribution in [2.45, 2.75) is 13.3 Å². The van der Waals surface area contributed by atoms with Crippen molar-refractivity contribution in [2.75, 3.05) is 6.61 Å². The summed E-state index contributed by atoms with van der Waals surface area (Å²) in [7, 11) is 0. The number of hydrogen-bond acceptors (Lipinski definition) is 4. The quantitative estimate of drug-likeness (QED) is 0.604. The van der Waals surface area contributed by atoms with Gasteiger partial charge in [0.1, 0.15) is 0 Å². The van der Waals surface area contributed by atoms with Crippen LogP contribution in [0, 0.1) is 6.92 Å². The molecule has 9 heavy (non-hydrogen) atoms. The van der Waals surface area contributed by atoms with Gasteiger partial charge in [-0.25, -0.2) is 0 Å². The molecule has 1 aromatic heterocycles. The minimum Gasteiger partial charge on any atom is -0.426 e. The molecule has 1 N–H and O–H groups in total. The molecule has 1 rings (SSSR count). The van der Waals surface area contributed by atoms with Crippen molar-refractivity contribution in [1.29, 1.82) is 0 Å². The van der Waals surface area contributed by atoms with Gasteiger partial charge in [-0.2, -0.15) is 0 Å². The number of aliphatic hydroxyl groups is 1. The van der Waals surface area contributed by atoms with Crippen molar-refractivity contribution < 1.29 is 9.52 Å². The SMILES string of the molecule is Cc1nnc(CCO)o1.